The number of hydrogen-bond acceptors (Lipinski definition) is 4. The van der Waals surface area contributed by atoms with Crippen molar-refractivity contribution in [3.63, 3.8) is 0 Å². The molecule has 1 heterocycles. The molecule has 0 saturated carbocycles. The molecule has 1 aromatic heterocycles. The number of nitrogens with zero attached hydrogens (tertiary/aromatic N) is 2. The first kappa shape index (κ1) is 14.4. The van der Waals surface area contributed by atoms with E-state index in [-0.39, 0.29) is 5.75 Å². The van der Waals surface area contributed by atoms with Crippen LogP contribution in [0.5, 0.6) is 11.5 Å². The maximum atomic E-state index is 9.65. The largest absolute Gasteiger partial charge is 0.504 e. The van der Waals surface area contributed by atoms with Crippen LogP contribution in [0.1, 0.15) is 23.7 Å². The molecule has 20 heavy (non-hydrogen) atoms. The van der Waals surface area contributed by atoms with Crippen molar-refractivity contribution in [1.29, 1.82) is 0 Å². The lowest BCUT2D eigenvalue weighted by molar-refractivity contribution is 0.317. The molecule has 2 rings (SSSR count). The standard InChI is InChI=1S/C15H21N3O2/c1-4-20-15-7-12(5-6-14(15)19)8-16-9-13-10-17-18(3)11(13)2/h5-7,10,16,19H,4,8-9H2,1-3H3. The highest BCUT2D eigenvalue weighted by Gasteiger charge is 2.05. The number of aromatic hydroxyl groups is 1. The topological polar surface area (TPSA) is 59.3 Å². The maximum Gasteiger partial charge on any atom is 0.161 e. The molecule has 0 amide bonds. The van der Waals surface area contributed by atoms with Gasteiger partial charge in [-0.15, -0.1) is 0 Å². The monoisotopic (exact) mass is 275 g/mol. The molecule has 0 spiro atoms. The highest BCUT2D eigenvalue weighted by molar-refractivity contribution is 5.41. The number of ether oxygens (including phenoxy) is 1. The van der Waals surface area contributed by atoms with E-state index in [4.69, 9.17) is 4.74 Å². The summed E-state index contributed by atoms with van der Waals surface area (Å²) in [5, 5.41) is 17.2. The third-order valence-electron chi connectivity index (χ3n) is 3.31. The van der Waals surface area contributed by atoms with E-state index in [1.165, 1.54) is 11.3 Å². The summed E-state index contributed by atoms with van der Waals surface area (Å²) in [5.41, 5.74) is 3.43. The fourth-order valence-electron chi connectivity index (χ4n) is 2.00. The van der Waals surface area contributed by atoms with Gasteiger partial charge in [0.2, 0.25) is 0 Å². The molecule has 5 heteroatoms. The number of hydrogen-bond donors (Lipinski definition) is 2. The first-order valence-electron chi connectivity index (χ1n) is 6.74. The lowest BCUT2D eigenvalue weighted by atomic mass is 10.2. The molecule has 0 aliphatic heterocycles. The average Bonchev–Trinajstić information content (AvgIpc) is 2.75. The summed E-state index contributed by atoms with van der Waals surface area (Å²) in [6, 6.07) is 5.42. The molecule has 2 aromatic rings. The Morgan fingerprint density at radius 3 is 2.80 bits per heavy atom. The maximum absolute atomic E-state index is 9.65. The van der Waals surface area contributed by atoms with Gasteiger partial charge in [0.25, 0.3) is 0 Å². The Balaban J connectivity index is 1.94. The molecule has 108 valence electrons. The number of phenolic OH excluding ortho intramolecular Hbond substituents is 1. The van der Waals surface area contributed by atoms with Crippen molar-refractivity contribution in [3.05, 3.63) is 41.2 Å². The van der Waals surface area contributed by atoms with Gasteiger partial charge in [0.1, 0.15) is 0 Å². The van der Waals surface area contributed by atoms with Crippen LogP contribution in [0.2, 0.25) is 0 Å². The number of benzene rings is 1. The Bertz CT molecular complexity index is 578. The minimum Gasteiger partial charge on any atom is -0.504 e. The number of aromatic nitrogens is 2. The Hall–Kier alpha value is -2.01. The Kier molecular flexibility index (Phi) is 4.63. The molecule has 5 nitrogen and oxygen atoms in total. The van der Waals surface area contributed by atoms with Crippen molar-refractivity contribution in [2.24, 2.45) is 7.05 Å². The minimum absolute atomic E-state index is 0.179. The smallest absolute Gasteiger partial charge is 0.161 e. The van der Waals surface area contributed by atoms with Gasteiger partial charge in [-0.05, 0) is 31.5 Å². The van der Waals surface area contributed by atoms with E-state index in [0.717, 1.165) is 12.1 Å². The third kappa shape index (κ3) is 3.30. The number of rotatable bonds is 6. The van der Waals surface area contributed by atoms with E-state index >= 15 is 0 Å². The van der Waals surface area contributed by atoms with Gasteiger partial charge in [0, 0.05) is 31.4 Å². The van der Waals surface area contributed by atoms with Crippen LogP contribution < -0.4 is 10.1 Å². The predicted molar refractivity (Wildman–Crippen MR) is 77.8 cm³/mol. The van der Waals surface area contributed by atoms with Crippen LogP contribution in [0.15, 0.2) is 24.4 Å². The summed E-state index contributed by atoms with van der Waals surface area (Å²) in [7, 11) is 1.94. The second-order valence-electron chi connectivity index (χ2n) is 4.72. The van der Waals surface area contributed by atoms with Crippen LogP contribution in [0, 0.1) is 6.92 Å². The molecule has 0 atom stereocenters. The van der Waals surface area contributed by atoms with Crippen LogP contribution >= 0.6 is 0 Å². The summed E-state index contributed by atoms with van der Waals surface area (Å²) in [5.74, 6) is 0.711. The lowest BCUT2D eigenvalue weighted by Crippen LogP contribution is -2.13. The number of aryl methyl sites for hydroxylation is 1. The van der Waals surface area contributed by atoms with Gasteiger partial charge in [-0.25, -0.2) is 0 Å². The van der Waals surface area contributed by atoms with E-state index in [1.54, 1.807) is 6.07 Å². The summed E-state index contributed by atoms with van der Waals surface area (Å²) >= 11 is 0. The van der Waals surface area contributed by atoms with Crippen LogP contribution in [0.4, 0.5) is 0 Å². The lowest BCUT2D eigenvalue weighted by Gasteiger charge is -2.09. The molecule has 0 unspecified atom stereocenters. The Morgan fingerprint density at radius 1 is 1.35 bits per heavy atom. The third-order valence-corrected chi connectivity index (χ3v) is 3.31. The normalized spacial score (nSPS) is 10.8. The second-order valence-corrected chi connectivity index (χ2v) is 4.72. The molecule has 2 N–H and O–H groups in total. The van der Waals surface area contributed by atoms with E-state index in [9.17, 15) is 5.11 Å². The first-order chi connectivity index (χ1) is 9.61. The van der Waals surface area contributed by atoms with Gasteiger partial charge in [0.15, 0.2) is 11.5 Å². The summed E-state index contributed by atoms with van der Waals surface area (Å²) < 4.78 is 7.24. The predicted octanol–water partition coefficient (Wildman–Crippen LogP) is 2.12. The van der Waals surface area contributed by atoms with Crippen LogP contribution in [-0.2, 0) is 20.1 Å². The molecule has 1 aromatic carbocycles. The highest BCUT2D eigenvalue weighted by atomic mass is 16.5. The second kappa shape index (κ2) is 6.43. The molecule has 0 radical (unpaired) electrons. The van der Waals surface area contributed by atoms with Crippen molar-refractivity contribution in [2.45, 2.75) is 26.9 Å². The number of nitrogens with one attached hydrogen (secondary N) is 1. The molecule has 0 fully saturated rings. The number of phenols is 1. The average molecular weight is 275 g/mol. The Morgan fingerprint density at radius 2 is 2.15 bits per heavy atom. The zero-order chi connectivity index (χ0) is 14.5. The van der Waals surface area contributed by atoms with Gasteiger partial charge >= 0.3 is 0 Å². The van der Waals surface area contributed by atoms with Gasteiger partial charge in [-0.1, -0.05) is 6.07 Å². The highest BCUT2D eigenvalue weighted by Crippen LogP contribution is 2.26. The Labute approximate surface area is 119 Å². The minimum atomic E-state index is 0.179. The summed E-state index contributed by atoms with van der Waals surface area (Å²) in [6.07, 6.45) is 1.88. The summed E-state index contributed by atoms with van der Waals surface area (Å²) in [4.78, 5) is 0. The summed E-state index contributed by atoms with van der Waals surface area (Å²) in [6.45, 7) is 5.98. The van der Waals surface area contributed by atoms with E-state index in [1.807, 2.05) is 37.0 Å². The van der Waals surface area contributed by atoms with E-state index < -0.39 is 0 Å². The van der Waals surface area contributed by atoms with Gasteiger partial charge in [-0.2, -0.15) is 5.10 Å². The first-order valence-corrected chi connectivity index (χ1v) is 6.74. The molecule has 0 aliphatic rings. The van der Waals surface area contributed by atoms with Crippen molar-refractivity contribution >= 4 is 0 Å². The van der Waals surface area contributed by atoms with Crippen LogP contribution in [-0.4, -0.2) is 21.5 Å². The molecular weight excluding hydrogens is 254 g/mol. The zero-order valence-electron chi connectivity index (χ0n) is 12.2. The van der Waals surface area contributed by atoms with Crippen molar-refractivity contribution in [2.75, 3.05) is 6.61 Å². The van der Waals surface area contributed by atoms with Crippen LogP contribution in [0.25, 0.3) is 0 Å². The van der Waals surface area contributed by atoms with Gasteiger partial charge in [-0.3, -0.25) is 4.68 Å². The van der Waals surface area contributed by atoms with Crippen LogP contribution in [0.3, 0.4) is 0 Å². The van der Waals surface area contributed by atoms with Gasteiger partial charge < -0.3 is 15.2 Å². The van der Waals surface area contributed by atoms with Crippen molar-refractivity contribution in [3.8, 4) is 11.5 Å². The van der Waals surface area contributed by atoms with E-state index in [2.05, 4.69) is 17.3 Å². The fraction of sp³-hybridized carbons (Fsp3) is 0.400. The molecular formula is C15H21N3O2. The quantitative estimate of drug-likeness (QED) is 0.848. The molecule has 0 saturated heterocycles. The zero-order valence-corrected chi connectivity index (χ0v) is 12.2. The SMILES string of the molecule is CCOc1cc(CNCc2cnn(C)c2C)ccc1O. The van der Waals surface area contributed by atoms with Crippen molar-refractivity contribution < 1.29 is 9.84 Å². The fourth-order valence-corrected chi connectivity index (χ4v) is 2.00. The van der Waals surface area contributed by atoms with E-state index in [0.29, 0.717) is 18.9 Å². The molecule has 0 bridgehead atoms. The van der Waals surface area contributed by atoms with Gasteiger partial charge in [0.05, 0.1) is 12.8 Å². The van der Waals surface area contributed by atoms with Crippen molar-refractivity contribution in [1.82, 2.24) is 15.1 Å². The molecule has 0 aliphatic carbocycles.